The minimum absolute atomic E-state index is 0.00668. The number of morpholine rings is 1. The Morgan fingerprint density at radius 1 is 1.13 bits per heavy atom. The quantitative estimate of drug-likeness (QED) is 0.243. The monoisotopic (exact) mass is 683 g/mol. The van der Waals surface area contributed by atoms with Crippen molar-refractivity contribution in [3.05, 3.63) is 76.0 Å². The van der Waals surface area contributed by atoms with Gasteiger partial charge in [0.25, 0.3) is 6.01 Å². The highest BCUT2D eigenvalue weighted by atomic mass is 35.5. The lowest BCUT2D eigenvalue weighted by atomic mass is 10.2. The number of carbonyl (C=O) groups excluding carboxylic acids is 3. The van der Waals surface area contributed by atoms with Gasteiger partial charge in [0.15, 0.2) is 0 Å². The Morgan fingerprint density at radius 2 is 1.96 bits per heavy atom. The zero-order valence-corrected chi connectivity index (χ0v) is 27.7. The summed E-state index contributed by atoms with van der Waals surface area (Å²) in [6.07, 6.45) is 1.27. The van der Waals surface area contributed by atoms with Gasteiger partial charge in [0, 0.05) is 44.0 Å². The van der Waals surface area contributed by atoms with Crippen molar-refractivity contribution in [3.8, 4) is 11.8 Å². The van der Waals surface area contributed by atoms with Gasteiger partial charge in [-0.2, -0.15) is 4.98 Å². The third-order valence-corrected chi connectivity index (χ3v) is 8.47. The molecule has 0 radical (unpaired) electrons. The van der Waals surface area contributed by atoms with Crippen LogP contribution >= 0.6 is 23.2 Å². The molecule has 3 heterocycles. The number of hydrogen-bond acceptors (Lipinski definition) is 8. The van der Waals surface area contributed by atoms with E-state index >= 15 is 0 Å². The van der Waals surface area contributed by atoms with Gasteiger partial charge < -0.3 is 34.6 Å². The van der Waals surface area contributed by atoms with Crippen molar-refractivity contribution in [2.45, 2.75) is 25.7 Å². The number of para-hydroxylation sites is 1. The second-order valence-corrected chi connectivity index (χ2v) is 11.5. The van der Waals surface area contributed by atoms with Crippen LogP contribution in [0.15, 0.2) is 54.7 Å². The summed E-state index contributed by atoms with van der Waals surface area (Å²) in [5.41, 5.74) is 3.10. The molecule has 2 N–H and O–H groups in total. The molecule has 0 spiro atoms. The lowest BCUT2D eigenvalue weighted by Gasteiger charge is -2.32. The normalized spacial score (nSPS) is 14.5. The highest BCUT2D eigenvalue weighted by molar-refractivity contribution is 6.38. The maximum atomic E-state index is 13.1. The molecule has 2 aromatic carbocycles. The number of carbonyl (C=O) groups is 3. The molecule has 1 aliphatic heterocycles. The second-order valence-electron chi connectivity index (χ2n) is 10.7. The standard InChI is InChI=1S/C32H35Cl2N7O6/c1-35-31(44)40-13-14-46-21(18-40)15-27(42)37-16-28(43)39(2)24-11-10-23(33)22(29(24)34)19-47-26-9-6-8-25-30(26)38-32(45-3)41(25)17-20-7-4-5-12-36-20/h4-12,21H,13-19H2,1-3H3,(H,35,44)(H,37,42). The van der Waals surface area contributed by atoms with Crippen molar-refractivity contribution in [2.75, 3.05) is 52.3 Å². The van der Waals surface area contributed by atoms with E-state index in [2.05, 4.69) is 20.6 Å². The van der Waals surface area contributed by atoms with Crippen LogP contribution < -0.4 is 25.0 Å². The molecule has 5 rings (SSSR count). The summed E-state index contributed by atoms with van der Waals surface area (Å²) in [4.78, 5) is 49.5. The summed E-state index contributed by atoms with van der Waals surface area (Å²) in [5.74, 6) is -0.285. The van der Waals surface area contributed by atoms with E-state index < -0.39 is 12.0 Å². The molecule has 15 heteroatoms. The number of anilines is 1. The number of imidazole rings is 1. The third kappa shape index (κ3) is 7.87. The maximum Gasteiger partial charge on any atom is 0.317 e. The van der Waals surface area contributed by atoms with Crippen molar-refractivity contribution in [2.24, 2.45) is 0 Å². The largest absolute Gasteiger partial charge is 0.486 e. The molecule has 1 unspecified atom stereocenters. The van der Waals surface area contributed by atoms with Crippen LogP contribution in [0.3, 0.4) is 0 Å². The van der Waals surface area contributed by atoms with E-state index in [1.807, 2.05) is 34.9 Å². The van der Waals surface area contributed by atoms with Gasteiger partial charge in [-0.3, -0.25) is 19.1 Å². The molecule has 1 fully saturated rings. The van der Waals surface area contributed by atoms with Gasteiger partial charge in [0.05, 0.1) is 61.3 Å². The highest BCUT2D eigenvalue weighted by Crippen LogP contribution is 2.36. The number of amides is 4. The molecule has 4 amide bonds. The number of likely N-dealkylation sites (N-methyl/N-ethyl adjacent to an activating group) is 1. The Hall–Kier alpha value is -4.59. The van der Waals surface area contributed by atoms with Crippen molar-refractivity contribution >= 4 is 57.8 Å². The summed E-state index contributed by atoms with van der Waals surface area (Å²) >= 11 is 13.3. The molecule has 0 saturated carbocycles. The highest BCUT2D eigenvalue weighted by Gasteiger charge is 2.26. The Bertz CT molecular complexity index is 1750. The first-order valence-electron chi connectivity index (χ1n) is 14.8. The summed E-state index contributed by atoms with van der Waals surface area (Å²) < 4.78 is 19.3. The van der Waals surface area contributed by atoms with E-state index in [9.17, 15) is 14.4 Å². The van der Waals surface area contributed by atoms with Gasteiger partial charge >= 0.3 is 6.03 Å². The lowest BCUT2D eigenvalue weighted by Crippen LogP contribution is -2.50. The Balaban J connectivity index is 1.24. The van der Waals surface area contributed by atoms with E-state index in [4.69, 9.17) is 37.4 Å². The molecule has 4 aromatic rings. The summed E-state index contributed by atoms with van der Waals surface area (Å²) in [7, 11) is 4.66. The minimum Gasteiger partial charge on any atom is -0.486 e. The average Bonchev–Trinajstić information content (AvgIpc) is 3.44. The van der Waals surface area contributed by atoms with Crippen molar-refractivity contribution < 1.29 is 28.6 Å². The predicted molar refractivity (Wildman–Crippen MR) is 177 cm³/mol. The van der Waals surface area contributed by atoms with E-state index in [0.717, 1.165) is 11.2 Å². The van der Waals surface area contributed by atoms with E-state index in [0.29, 0.717) is 53.2 Å². The SMILES string of the molecule is CNC(=O)N1CCOC(CC(=O)NCC(=O)N(C)c2ccc(Cl)c(COc3cccc4c3nc(OC)n4Cc3ccccn3)c2Cl)C1. The molecule has 1 aliphatic rings. The summed E-state index contributed by atoms with van der Waals surface area (Å²) in [6.45, 7) is 1.23. The van der Waals surface area contributed by atoms with Crippen LogP contribution in [-0.2, 0) is 27.5 Å². The Labute approximate surface area is 281 Å². The lowest BCUT2D eigenvalue weighted by molar-refractivity contribution is -0.128. The zero-order valence-electron chi connectivity index (χ0n) is 26.2. The number of rotatable bonds is 11. The van der Waals surface area contributed by atoms with Crippen molar-refractivity contribution in [3.63, 3.8) is 0 Å². The topological polar surface area (TPSA) is 140 Å². The summed E-state index contributed by atoms with van der Waals surface area (Å²) in [5, 5.41) is 5.79. The van der Waals surface area contributed by atoms with Gasteiger partial charge in [0.2, 0.25) is 11.8 Å². The fraction of sp³-hybridized carbons (Fsp3) is 0.344. The molecular formula is C32H35Cl2N7O6. The van der Waals surface area contributed by atoms with Crippen LogP contribution in [0.1, 0.15) is 17.7 Å². The van der Waals surface area contributed by atoms with E-state index in [1.54, 1.807) is 50.5 Å². The number of benzene rings is 2. The first kappa shape index (κ1) is 33.8. The average molecular weight is 685 g/mol. The van der Waals surface area contributed by atoms with Crippen LogP contribution in [0.2, 0.25) is 10.0 Å². The van der Waals surface area contributed by atoms with E-state index in [-0.39, 0.29) is 43.1 Å². The van der Waals surface area contributed by atoms with Crippen molar-refractivity contribution in [1.82, 2.24) is 30.1 Å². The molecule has 47 heavy (non-hydrogen) atoms. The number of methoxy groups -OCH3 is 1. The molecule has 0 bridgehead atoms. The number of aromatic nitrogens is 3. The molecule has 0 aliphatic carbocycles. The number of halogens is 2. The first-order valence-corrected chi connectivity index (χ1v) is 15.6. The molecule has 248 valence electrons. The van der Waals surface area contributed by atoms with Gasteiger partial charge in [0.1, 0.15) is 17.9 Å². The van der Waals surface area contributed by atoms with Crippen LogP contribution in [0.25, 0.3) is 11.0 Å². The van der Waals surface area contributed by atoms with Gasteiger partial charge in [-0.1, -0.05) is 35.3 Å². The smallest absolute Gasteiger partial charge is 0.317 e. The molecule has 1 saturated heterocycles. The number of urea groups is 1. The fourth-order valence-corrected chi connectivity index (χ4v) is 5.80. The third-order valence-electron chi connectivity index (χ3n) is 7.70. The number of nitrogens with zero attached hydrogens (tertiary/aromatic N) is 5. The van der Waals surface area contributed by atoms with Gasteiger partial charge in [-0.25, -0.2) is 4.79 Å². The predicted octanol–water partition coefficient (Wildman–Crippen LogP) is 3.88. The first-order chi connectivity index (χ1) is 22.7. The van der Waals surface area contributed by atoms with Crippen LogP contribution in [-0.4, -0.2) is 90.8 Å². The van der Waals surface area contributed by atoms with Gasteiger partial charge in [-0.15, -0.1) is 0 Å². The van der Waals surface area contributed by atoms with E-state index in [1.165, 1.54) is 4.90 Å². The fourth-order valence-electron chi connectivity index (χ4n) is 5.20. The van der Waals surface area contributed by atoms with Crippen molar-refractivity contribution in [1.29, 1.82) is 0 Å². The van der Waals surface area contributed by atoms with Crippen LogP contribution in [0.4, 0.5) is 10.5 Å². The maximum absolute atomic E-state index is 13.1. The molecule has 1 atom stereocenters. The second kappa shape index (κ2) is 15.3. The molecule has 13 nitrogen and oxygen atoms in total. The zero-order chi connectivity index (χ0) is 33.5. The Kier molecular flexibility index (Phi) is 11.0. The number of fused-ring (bicyclic) bond motifs is 1. The minimum atomic E-state index is -0.469. The summed E-state index contributed by atoms with van der Waals surface area (Å²) in [6, 6.07) is 14.7. The Morgan fingerprint density at radius 3 is 2.70 bits per heavy atom. The number of nitrogens with one attached hydrogen (secondary N) is 2. The number of ether oxygens (including phenoxy) is 3. The molecular weight excluding hydrogens is 649 g/mol. The number of pyridine rings is 1. The molecule has 2 aromatic heterocycles. The number of hydrogen-bond donors (Lipinski definition) is 2. The van der Waals surface area contributed by atoms with Crippen LogP contribution in [0, 0.1) is 0 Å². The van der Waals surface area contributed by atoms with Gasteiger partial charge in [-0.05, 0) is 36.4 Å². The van der Waals surface area contributed by atoms with Crippen LogP contribution in [0.5, 0.6) is 11.8 Å².